The van der Waals surface area contributed by atoms with E-state index in [4.69, 9.17) is 4.74 Å². The molecule has 14 atom stereocenters. The summed E-state index contributed by atoms with van der Waals surface area (Å²) in [6.45, 7) is 30.5. The molecule has 5 N–H and O–H groups in total. The minimum absolute atomic E-state index is 0.00541. The van der Waals surface area contributed by atoms with Gasteiger partial charge in [-0.25, -0.2) is 0 Å². The van der Waals surface area contributed by atoms with Gasteiger partial charge in [-0.05, 0) is 113 Å². The highest BCUT2D eigenvalue weighted by Crippen LogP contribution is 2.27. The normalized spacial score (nSPS) is 26.7. The number of nitrogens with one attached hydrogen (secondary N) is 4. The Balaban J connectivity index is 4.53. The minimum atomic E-state index is -1.63. The van der Waals surface area contributed by atoms with Gasteiger partial charge in [0.15, 0.2) is 0 Å². The Kier molecular flexibility index (Phi) is 37.1. The van der Waals surface area contributed by atoms with Crippen LogP contribution in [0.4, 0.5) is 0 Å². The van der Waals surface area contributed by atoms with Crippen LogP contribution in [0.3, 0.4) is 0 Å². The van der Waals surface area contributed by atoms with Gasteiger partial charge in [-0.1, -0.05) is 116 Å². The summed E-state index contributed by atoms with van der Waals surface area (Å²) in [5.74, 6) is -9.45. The number of ether oxygens (including phenoxy) is 1. The van der Waals surface area contributed by atoms with Crippen LogP contribution in [-0.2, 0) is 57.5 Å². The lowest BCUT2D eigenvalue weighted by Gasteiger charge is -2.41. The molecule has 1 rings (SSSR count). The Morgan fingerprint density at radius 2 is 0.946 bits per heavy atom. The molecule has 0 radical (unpaired) electrons. The van der Waals surface area contributed by atoms with Crippen LogP contribution < -0.4 is 21.3 Å². The summed E-state index contributed by atoms with van der Waals surface area (Å²) < 4.78 is 5.26. The molecule has 11 amide bonds. The van der Waals surface area contributed by atoms with Crippen molar-refractivity contribution < 1.29 is 62.6 Å². The Morgan fingerprint density at radius 3 is 1.43 bits per heavy atom. The van der Waals surface area contributed by atoms with Crippen molar-refractivity contribution in [1.82, 2.24) is 55.6 Å². The highest BCUT2D eigenvalue weighted by atomic mass is 32.2. The number of aliphatic hydroxyl groups excluding tert-OH is 1. The van der Waals surface area contributed by atoms with Gasteiger partial charge in [0.25, 0.3) is 0 Å². The summed E-state index contributed by atoms with van der Waals surface area (Å²) in [6, 6.07) is -13.8. The molecule has 24 nitrogen and oxygen atoms in total. The van der Waals surface area contributed by atoms with Gasteiger partial charge in [0.2, 0.25) is 65.0 Å². The molecule has 1 aliphatic rings. The van der Waals surface area contributed by atoms with Gasteiger partial charge in [-0.15, -0.1) is 0 Å². The van der Waals surface area contributed by atoms with E-state index in [0.717, 1.165) is 17.7 Å². The van der Waals surface area contributed by atoms with Crippen LogP contribution in [0.25, 0.3) is 0 Å². The van der Waals surface area contributed by atoms with E-state index in [9.17, 15) is 29.1 Å². The quantitative estimate of drug-likeness (QED) is 0.0720. The standard InChI is InChI=1S/C68H123N11O13S/c1-26-29-32-45(15)57(80)56-61(84)71-48(28-3)63(86)76(21)52(38-93-34-31-30-33-92-25)66(89)78(23)55(44(14)27-2)60(83)72-53(42(10)11)67(90)73(18)49(35-39(4)5)59(82)69-46(16)58(81)70-47(17)62(85)74(19)50(36-40(6)7)64(87)75(20)51(37-41(8)9)65(88)77(22)54(43(12)13)68(91)79(56)24/h26,29,39-57,80H,27-28,30-38H2,1-25H3,(H,69,82)(H,70,81)(H,71,84)(H,72,83)/b29-26+/t44?,45-,46-,47+,48-,49-,50+,51-,52-,53-,54-,55+,56+,57-/m1/s1. The summed E-state index contributed by atoms with van der Waals surface area (Å²) >= 11 is 1.42. The first-order valence-electron chi connectivity index (χ1n) is 33.7. The smallest absolute Gasteiger partial charge is 0.246 e. The van der Waals surface area contributed by atoms with E-state index in [1.165, 1.54) is 104 Å². The fourth-order valence-corrected chi connectivity index (χ4v) is 12.9. The zero-order valence-corrected chi connectivity index (χ0v) is 62.1. The van der Waals surface area contributed by atoms with Gasteiger partial charge in [0.1, 0.15) is 66.5 Å². The average molecular weight is 1330 g/mol. The minimum Gasteiger partial charge on any atom is -0.390 e. The highest BCUT2D eigenvalue weighted by molar-refractivity contribution is 7.99. The molecule has 0 aromatic carbocycles. The summed E-state index contributed by atoms with van der Waals surface area (Å²) in [5, 5.41) is 23.5. The second-order valence-electron chi connectivity index (χ2n) is 27.8. The SMILES string of the molecule is C/C=C/C[C@@H](C)[C@@H](O)[C@H]1C(=O)N[C@H](CC)C(=O)N(C)[C@H](CSCCCCOC)C(=O)N(C)[C@@H](C(C)CC)C(=O)N[C@H](C(C)C)C(=O)N(C)[C@H](CC(C)C)C(=O)N[C@H](C)C(=O)N[C@@H](C)C(=O)N(C)[C@@H](CC(C)C)C(=O)N(C)[C@H](CC(C)C)C(=O)N(C)[C@H](C(C)C)C(=O)N1C. The van der Waals surface area contributed by atoms with Gasteiger partial charge in [0, 0.05) is 68.8 Å². The van der Waals surface area contributed by atoms with Crippen LogP contribution in [0, 0.1) is 41.4 Å². The number of amides is 11. The van der Waals surface area contributed by atoms with Crippen molar-refractivity contribution in [3.63, 3.8) is 0 Å². The van der Waals surface area contributed by atoms with Crippen molar-refractivity contribution in [2.75, 3.05) is 74.6 Å². The number of aliphatic hydroxyl groups is 1. The number of hydrogen-bond donors (Lipinski definition) is 5. The number of carbonyl (C=O) groups excluding carboxylic acids is 11. The molecule has 93 heavy (non-hydrogen) atoms. The van der Waals surface area contributed by atoms with Gasteiger partial charge in [-0.2, -0.15) is 11.8 Å². The lowest BCUT2D eigenvalue weighted by molar-refractivity contribution is -0.157. The van der Waals surface area contributed by atoms with Gasteiger partial charge in [-0.3, -0.25) is 52.7 Å². The van der Waals surface area contributed by atoms with Crippen LogP contribution >= 0.6 is 11.8 Å². The third-order valence-corrected chi connectivity index (χ3v) is 19.1. The first-order valence-corrected chi connectivity index (χ1v) is 34.8. The molecule has 0 aliphatic carbocycles. The molecule has 1 unspecified atom stereocenters. The molecular formula is C68H123N11O13S. The molecule has 1 aliphatic heterocycles. The zero-order valence-electron chi connectivity index (χ0n) is 61.3. The molecule has 0 saturated carbocycles. The van der Waals surface area contributed by atoms with Crippen molar-refractivity contribution in [3.8, 4) is 0 Å². The lowest BCUT2D eigenvalue weighted by atomic mass is 9.91. The number of carbonyl (C=O) groups is 11. The molecule has 0 spiro atoms. The van der Waals surface area contributed by atoms with Gasteiger partial charge in [0.05, 0.1) is 6.10 Å². The van der Waals surface area contributed by atoms with Crippen LogP contribution in [-0.4, -0.2) is 252 Å². The van der Waals surface area contributed by atoms with Crippen LogP contribution in [0.2, 0.25) is 0 Å². The van der Waals surface area contributed by atoms with Crippen LogP contribution in [0.5, 0.6) is 0 Å². The summed E-state index contributed by atoms with van der Waals surface area (Å²) in [4.78, 5) is 173. The third-order valence-electron chi connectivity index (χ3n) is 17.9. The number of rotatable bonds is 22. The number of methoxy groups -OCH3 is 1. The van der Waals surface area contributed by atoms with E-state index in [1.807, 2.05) is 61.5 Å². The molecule has 0 aromatic rings. The zero-order chi connectivity index (χ0) is 71.8. The molecule has 0 bridgehead atoms. The second-order valence-corrected chi connectivity index (χ2v) is 28.9. The van der Waals surface area contributed by atoms with E-state index in [0.29, 0.717) is 25.2 Å². The van der Waals surface area contributed by atoms with Gasteiger partial charge >= 0.3 is 0 Å². The predicted molar refractivity (Wildman–Crippen MR) is 366 cm³/mol. The highest BCUT2D eigenvalue weighted by Gasteiger charge is 2.47. The molecule has 0 aromatic heterocycles. The van der Waals surface area contributed by atoms with E-state index in [2.05, 4.69) is 21.3 Å². The third kappa shape index (κ3) is 24.4. The number of likely N-dealkylation sites (N-methyl/N-ethyl adjacent to an activating group) is 7. The van der Waals surface area contributed by atoms with Crippen molar-refractivity contribution >= 4 is 76.7 Å². The van der Waals surface area contributed by atoms with Gasteiger partial charge < -0.3 is 65.4 Å². The fourth-order valence-electron chi connectivity index (χ4n) is 11.8. The maximum atomic E-state index is 15.3. The average Bonchev–Trinajstić information content (AvgIpc) is 0.848. The molecule has 1 heterocycles. The molecule has 534 valence electrons. The molecule has 1 saturated heterocycles. The number of unbranched alkanes of at least 4 members (excludes halogenated alkanes) is 1. The van der Waals surface area contributed by atoms with Crippen molar-refractivity contribution in [1.29, 1.82) is 0 Å². The fraction of sp³-hybridized carbons (Fsp3) is 0.809. The first-order chi connectivity index (χ1) is 43.2. The molecule has 1 fully saturated rings. The maximum Gasteiger partial charge on any atom is 0.246 e. The predicted octanol–water partition coefficient (Wildman–Crippen LogP) is 4.80. The first kappa shape index (κ1) is 85.2. The van der Waals surface area contributed by atoms with E-state index in [1.54, 1.807) is 61.7 Å². The maximum absolute atomic E-state index is 15.3. The van der Waals surface area contributed by atoms with Crippen molar-refractivity contribution in [2.24, 2.45) is 41.4 Å². The Hall–Kier alpha value is -5.82. The van der Waals surface area contributed by atoms with E-state index >= 15 is 28.8 Å². The van der Waals surface area contributed by atoms with Crippen LogP contribution in [0.1, 0.15) is 169 Å². The summed E-state index contributed by atoms with van der Waals surface area (Å²) in [6.07, 6.45) is 4.71. The summed E-state index contributed by atoms with van der Waals surface area (Å²) in [5.41, 5.74) is 0. The Bertz CT molecular complexity index is 2500. The van der Waals surface area contributed by atoms with E-state index in [-0.39, 0.29) is 49.2 Å². The number of nitrogens with zero attached hydrogens (tertiary/aromatic N) is 7. The monoisotopic (exact) mass is 1330 g/mol. The van der Waals surface area contributed by atoms with Crippen LogP contribution in [0.15, 0.2) is 12.2 Å². The number of hydrogen-bond acceptors (Lipinski definition) is 14. The lowest BCUT2D eigenvalue weighted by Crippen LogP contribution is -2.64. The molecule has 25 heteroatoms. The van der Waals surface area contributed by atoms with Crippen molar-refractivity contribution in [2.45, 2.75) is 242 Å². The number of allylic oxidation sites excluding steroid dienone is 2. The second kappa shape index (κ2) is 40.5. The Labute approximate surface area is 562 Å². The Morgan fingerprint density at radius 1 is 0.495 bits per heavy atom. The van der Waals surface area contributed by atoms with E-state index < -0.39 is 161 Å². The largest absolute Gasteiger partial charge is 0.390 e. The molecular weight excluding hydrogens is 1210 g/mol. The topological polar surface area (TPSA) is 288 Å². The number of thioether (sulfide) groups is 1. The summed E-state index contributed by atoms with van der Waals surface area (Å²) in [7, 11) is 11.7. The van der Waals surface area contributed by atoms with Crippen molar-refractivity contribution in [3.05, 3.63) is 12.2 Å².